The fraction of sp³-hybridized carbons (Fsp3) is 0.440. The van der Waals surface area contributed by atoms with Crippen LogP contribution in [0.2, 0.25) is 0 Å². The number of fused-ring (bicyclic) bond motifs is 3. The van der Waals surface area contributed by atoms with Gasteiger partial charge in [-0.15, -0.1) is 11.3 Å². The van der Waals surface area contributed by atoms with Crippen LogP contribution < -0.4 is 10.9 Å². The highest BCUT2D eigenvalue weighted by atomic mass is 32.2. The summed E-state index contributed by atoms with van der Waals surface area (Å²) in [5, 5.41) is 3.61. The number of anilines is 1. The normalized spacial score (nSPS) is 13.8. The van der Waals surface area contributed by atoms with Crippen LogP contribution in [0.5, 0.6) is 0 Å². The van der Waals surface area contributed by atoms with Crippen molar-refractivity contribution in [3.8, 4) is 0 Å². The van der Waals surface area contributed by atoms with E-state index in [-0.39, 0.29) is 30.0 Å². The Morgan fingerprint density at radius 2 is 1.91 bits per heavy atom. The van der Waals surface area contributed by atoms with Gasteiger partial charge in [-0.05, 0) is 64.7 Å². The number of aromatic nitrogens is 2. The second kappa shape index (κ2) is 9.92. The molecule has 7 nitrogen and oxygen atoms in total. The number of carbonyl (C=O) groups excluding carboxylic acids is 2. The minimum atomic E-state index is -0.502. The molecular formula is C25H30N4O3S2. The van der Waals surface area contributed by atoms with Crippen LogP contribution in [0.3, 0.4) is 0 Å². The highest BCUT2D eigenvalue weighted by Gasteiger charge is 2.27. The Bertz CT molecular complexity index is 1290. The first-order valence-corrected chi connectivity index (χ1v) is 13.2. The van der Waals surface area contributed by atoms with Gasteiger partial charge in [-0.3, -0.25) is 19.0 Å². The molecule has 1 aromatic carbocycles. The lowest BCUT2D eigenvalue weighted by Gasteiger charge is -2.22. The molecule has 180 valence electrons. The van der Waals surface area contributed by atoms with Crippen molar-refractivity contribution in [2.75, 3.05) is 18.9 Å². The van der Waals surface area contributed by atoms with Crippen molar-refractivity contribution in [3.63, 3.8) is 0 Å². The number of thioether (sulfide) groups is 1. The molecule has 9 heteroatoms. The minimum Gasteiger partial charge on any atom is -0.335 e. The average molecular weight is 499 g/mol. The van der Waals surface area contributed by atoms with Gasteiger partial charge in [-0.2, -0.15) is 0 Å². The molecule has 0 unspecified atom stereocenters. The summed E-state index contributed by atoms with van der Waals surface area (Å²) in [4.78, 5) is 47.1. The van der Waals surface area contributed by atoms with E-state index in [0.29, 0.717) is 10.8 Å². The maximum Gasteiger partial charge on any atom is 0.263 e. The molecule has 1 atom stereocenters. The summed E-state index contributed by atoms with van der Waals surface area (Å²) in [5.74, 6) is -0.453. The summed E-state index contributed by atoms with van der Waals surface area (Å²) in [6.07, 6.45) is 3.02. The van der Waals surface area contributed by atoms with Crippen molar-refractivity contribution in [3.05, 3.63) is 50.6 Å². The number of nitrogens with zero attached hydrogens (tertiary/aromatic N) is 3. The van der Waals surface area contributed by atoms with E-state index in [4.69, 9.17) is 4.98 Å². The van der Waals surface area contributed by atoms with Crippen molar-refractivity contribution in [1.29, 1.82) is 0 Å². The Hall–Kier alpha value is -2.65. The quantitative estimate of drug-likeness (QED) is 0.385. The second-order valence-electron chi connectivity index (χ2n) is 9.07. The average Bonchev–Trinajstić information content (AvgIpc) is 3.35. The SMILES string of the molecule is Cc1ccc(NC(=O)CN(C)C(=O)[C@H](C)Sc2nc3sc4c(c3c(=O)n2C(C)C)CCC4)cc1. The molecule has 2 aromatic heterocycles. The Morgan fingerprint density at radius 1 is 1.21 bits per heavy atom. The standard InChI is InChI=1S/C25H30N4O3S2/c1-14(2)29-24(32)21-18-7-6-8-19(18)34-22(21)27-25(29)33-16(4)23(31)28(5)13-20(30)26-17-11-9-15(3)10-12-17/h9-12,14,16H,6-8,13H2,1-5H3,(H,26,30)/t16-/m0/s1. The van der Waals surface area contributed by atoms with Gasteiger partial charge in [0, 0.05) is 23.7 Å². The van der Waals surface area contributed by atoms with Gasteiger partial charge in [0.25, 0.3) is 5.56 Å². The van der Waals surface area contributed by atoms with E-state index in [1.807, 2.05) is 45.0 Å². The highest BCUT2D eigenvalue weighted by Crippen LogP contribution is 2.36. The van der Waals surface area contributed by atoms with Gasteiger partial charge in [-0.1, -0.05) is 29.5 Å². The number of thiophene rings is 1. The lowest BCUT2D eigenvalue weighted by molar-refractivity contribution is -0.132. The number of nitrogens with one attached hydrogen (secondary N) is 1. The van der Waals surface area contributed by atoms with Crippen LogP contribution in [-0.4, -0.2) is 45.1 Å². The van der Waals surface area contributed by atoms with Crippen molar-refractivity contribution in [2.24, 2.45) is 0 Å². The van der Waals surface area contributed by atoms with Gasteiger partial charge in [0.1, 0.15) is 4.83 Å². The Morgan fingerprint density at radius 3 is 2.59 bits per heavy atom. The summed E-state index contributed by atoms with van der Waals surface area (Å²) < 4.78 is 1.70. The summed E-state index contributed by atoms with van der Waals surface area (Å²) in [6.45, 7) is 7.63. The van der Waals surface area contributed by atoms with Crippen LogP contribution in [0, 0.1) is 6.92 Å². The van der Waals surface area contributed by atoms with E-state index in [0.717, 1.165) is 40.6 Å². The zero-order valence-corrected chi connectivity index (χ0v) is 21.8. The van der Waals surface area contributed by atoms with E-state index < -0.39 is 5.25 Å². The number of aryl methyl sites for hydroxylation is 3. The lowest BCUT2D eigenvalue weighted by Crippen LogP contribution is -2.39. The fourth-order valence-corrected chi connectivity index (χ4v) is 6.68. The molecule has 2 amide bonds. The molecule has 0 spiro atoms. The molecule has 0 aliphatic heterocycles. The summed E-state index contributed by atoms with van der Waals surface area (Å²) in [5.41, 5.74) is 2.94. The number of hydrogen-bond donors (Lipinski definition) is 1. The van der Waals surface area contributed by atoms with Crippen LogP contribution >= 0.6 is 23.1 Å². The van der Waals surface area contributed by atoms with Gasteiger partial charge in [-0.25, -0.2) is 4.98 Å². The molecule has 0 saturated carbocycles. The first kappa shape index (κ1) is 24.5. The molecule has 0 bridgehead atoms. The van der Waals surface area contributed by atoms with E-state index in [1.54, 1.807) is 29.9 Å². The number of benzene rings is 1. The van der Waals surface area contributed by atoms with Gasteiger partial charge >= 0.3 is 0 Å². The van der Waals surface area contributed by atoms with E-state index >= 15 is 0 Å². The predicted octanol–water partition coefficient (Wildman–Crippen LogP) is 4.41. The molecule has 0 saturated heterocycles. The number of hydrogen-bond acceptors (Lipinski definition) is 6. The first-order chi connectivity index (χ1) is 16.2. The van der Waals surface area contributed by atoms with Gasteiger partial charge in [0.2, 0.25) is 11.8 Å². The van der Waals surface area contributed by atoms with Crippen molar-refractivity contribution in [2.45, 2.75) is 63.4 Å². The molecule has 2 heterocycles. The van der Waals surface area contributed by atoms with E-state index in [2.05, 4.69) is 5.32 Å². The van der Waals surface area contributed by atoms with Crippen LogP contribution in [0.15, 0.2) is 34.2 Å². The smallest absolute Gasteiger partial charge is 0.263 e. The van der Waals surface area contributed by atoms with Crippen molar-refractivity contribution in [1.82, 2.24) is 14.5 Å². The third-order valence-corrected chi connectivity index (χ3v) is 8.22. The van der Waals surface area contributed by atoms with Crippen molar-refractivity contribution >= 4 is 50.8 Å². The van der Waals surface area contributed by atoms with Crippen LogP contribution in [0.1, 0.15) is 49.2 Å². The van der Waals surface area contributed by atoms with Gasteiger partial charge < -0.3 is 10.2 Å². The third-order valence-electron chi connectivity index (χ3n) is 5.98. The molecule has 1 aliphatic rings. The second-order valence-corrected chi connectivity index (χ2v) is 11.5. The Kier molecular flexibility index (Phi) is 7.14. The van der Waals surface area contributed by atoms with E-state index in [9.17, 15) is 14.4 Å². The largest absolute Gasteiger partial charge is 0.335 e. The highest BCUT2D eigenvalue weighted by molar-refractivity contribution is 8.00. The zero-order chi connectivity index (χ0) is 24.6. The zero-order valence-electron chi connectivity index (χ0n) is 20.2. The molecule has 34 heavy (non-hydrogen) atoms. The van der Waals surface area contributed by atoms with Gasteiger partial charge in [0.15, 0.2) is 5.16 Å². The molecule has 3 aromatic rings. The maximum absolute atomic E-state index is 13.4. The summed E-state index contributed by atoms with van der Waals surface area (Å²) >= 11 is 2.87. The Labute approximate surface area is 207 Å². The summed E-state index contributed by atoms with van der Waals surface area (Å²) in [6, 6.07) is 7.43. The molecule has 0 radical (unpaired) electrons. The fourth-order valence-electron chi connectivity index (χ4n) is 4.23. The molecule has 0 fully saturated rings. The first-order valence-electron chi connectivity index (χ1n) is 11.5. The number of likely N-dealkylation sites (N-methyl/N-ethyl adjacent to an activating group) is 1. The minimum absolute atomic E-state index is 0.0209. The number of carbonyl (C=O) groups is 2. The monoisotopic (exact) mass is 498 g/mol. The maximum atomic E-state index is 13.4. The topological polar surface area (TPSA) is 84.3 Å². The van der Waals surface area contributed by atoms with Crippen LogP contribution in [0.25, 0.3) is 10.2 Å². The molecule has 1 N–H and O–H groups in total. The third kappa shape index (κ3) is 4.90. The predicted molar refractivity (Wildman–Crippen MR) is 139 cm³/mol. The Balaban J connectivity index is 1.49. The van der Waals surface area contributed by atoms with Crippen LogP contribution in [-0.2, 0) is 22.4 Å². The van der Waals surface area contributed by atoms with Crippen LogP contribution in [0.4, 0.5) is 5.69 Å². The van der Waals surface area contributed by atoms with Gasteiger partial charge in [0.05, 0.1) is 17.2 Å². The number of amides is 2. The van der Waals surface area contributed by atoms with E-state index in [1.165, 1.54) is 21.5 Å². The van der Waals surface area contributed by atoms with Crippen molar-refractivity contribution < 1.29 is 9.59 Å². The molecule has 4 rings (SSSR count). The summed E-state index contributed by atoms with van der Waals surface area (Å²) in [7, 11) is 1.62. The number of rotatable bonds is 7. The molecule has 1 aliphatic carbocycles. The lowest BCUT2D eigenvalue weighted by atomic mass is 10.2. The molecular weight excluding hydrogens is 468 g/mol.